The molecular formula is C10H9Cl2N3S. The molecule has 2 rings (SSSR count). The Morgan fingerprint density at radius 3 is 2.62 bits per heavy atom. The second kappa shape index (κ2) is 4.65. The Kier molecular flexibility index (Phi) is 3.42. The van der Waals surface area contributed by atoms with E-state index in [0.29, 0.717) is 20.3 Å². The maximum absolute atomic E-state index is 6.05. The van der Waals surface area contributed by atoms with Crippen molar-refractivity contribution in [3.8, 4) is 10.8 Å². The molecule has 0 radical (unpaired) electrons. The molecule has 0 saturated carbocycles. The van der Waals surface area contributed by atoms with Gasteiger partial charge in [0.15, 0.2) is 10.8 Å². The van der Waals surface area contributed by atoms with Crippen LogP contribution >= 0.6 is 34.5 Å². The van der Waals surface area contributed by atoms with Gasteiger partial charge in [-0.3, -0.25) is 0 Å². The van der Waals surface area contributed by atoms with Crippen molar-refractivity contribution < 1.29 is 0 Å². The van der Waals surface area contributed by atoms with Gasteiger partial charge in [0.25, 0.3) is 0 Å². The van der Waals surface area contributed by atoms with Crippen LogP contribution in [0.25, 0.3) is 10.8 Å². The number of nitrogens with zero attached hydrogens (tertiary/aromatic N) is 3. The van der Waals surface area contributed by atoms with E-state index in [9.17, 15) is 0 Å². The van der Waals surface area contributed by atoms with Crippen LogP contribution < -0.4 is 0 Å². The van der Waals surface area contributed by atoms with E-state index < -0.39 is 0 Å². The van der Waals surface area contributed by atoms with Crippen molar-refractivity contribution in [3.05, 3.63) is 26.9 Å². The molecular weight excluding hydrogens is 265 g/mol. The van der Waals surface area contributed by atoms with E-state index >= 15 is 0 Å². The van der Waals surface area contributed by atoms with Crippen molar-refractivity contribution in [1.82, 2.24) is 15.0 Å². The predicted molar refractivity (Wildman–Crippen MR) is 67.3 cm³/mol. The van der Waals surface area contributed by atoms with Gasteiger partial charge in [-0.2, -0.15) is 0 Å². The Morgan fingerprint density at radius 1 is 1.31 bits per heavy atom. The van der Waals surface area contributed by atoms with E-state index in [2.05, 4.69) is 15.0 Å². The molecule has 0 N–H and O–H groups in total. The molecule has 0 aliphatic carbocycles. The summed E-state index contributed by atoms with van der Waals surface area (Å²) in [6.07, 6.45) is 2.41. The summed E-state index contributed by atoms with van der Waals surface area (Å²) in [5.41, 5.74) is 1.87. The largest absolute Gasteiger partial charge is 0.240 e. The van der Waals surface area contributed by atoms with Crippen LogP contribution in [0.2, 0.25) is 9.49 Å². The fraction of sp³-hybridized carbons (Fsp3) is 0.300. The molecule has 0 saturated heterocycles. The molecule has 0 unspecified atom stereocenters. The second-order valence-electron chi connectivity index (χ2n) is 3.23. The van der Waals surface area contributed by atoms with Gasteiger partial charge >= 0.3 is 0 Å². The summed E-state index contributed by atoms with van der Waals surface area (Å²) in [4.78, 5) is 12.8. The lowest BCUT2D eigenvalue weighted by molar-refractivity contribution is 0.975. The summed E-state index contributed by atoms with van der Waals surface area (Å²) >= 11 is 13.2. The minimum atomic E-state index is 0.480. The van der Waals surface area contributed by atoms with Gasteiger partial charge in [0, 0.05) is 11.3 Å². The smallest absolute Gasteiger partial charge is 0.190 e. The normalized spacial score (nSPS) is 10.8. The van der Waals surface area contributed by atoms with Crippen molar-refractivity contribution in [2.24, 2.45) is 0 Å². The van der Waals surface area contributed by atoms with Crippen LogP contribution in [0.5, 0.6) is 0 Å². The highest BCUT2D eigenvalue weighted by molar-refractivity contribution is 7.18. The summed E-state index contributed by atoms with van der Waals surface area (Å²) in [5.74, 6) is 0.546. The highest BCUT2D eigenvalue weighted by Crippen LogP contribution is 2.28. The number of thiazole rings is 1. The summed E-state index contributed by atoms with van der Waals surface area (Å²) in [6.45, 7) is 3.95. The molecule has 2 heterocycles. The van der Waals surface area contributed by atoms with E-state index in [-0.39, 0.29) is 0 Å². The van der Waals surface area contributed by atoms with E-state index in [1.54, 1.807) is 6.20 Å². The van der Waals surface area contributed by atoms with Crippen LogP contribution in [0.15, 0.2) is 6.20 Å². The van der Waals surface area contributed by atoms with Crippen LogP contribution in [0, 0.1) is 6.92 Å². The Hall–Kier alpha value is -0.710. The van der Waals surface area contributed by atoms with Crippen LogP contribution in [-0.4, -0.2) is 15.0 Å². The van der Waals surface area contributed by atoms with Crippen LogP contribution in [0.1, 0.15) is 18.2 Å². The van der Waals surface area contributed by atoms with Gasteiger partial charge in [0.1, 0.15) is 9.49 Å². The number of hydrogen-bond donors (Lipinski definition) is 0. The van der Waals surface area contributed by atoms with E-state index in [0.717, 1.165) is 17.7 Å². The Bertz CT molecular complexity index is 525. The molecule has 2 aromatic heterocycles. The molecule has 0 aliphatic rings. The zero-order valence-electron chi connectivity index (χ0n) is 8.79. The van der Waals surface area contributed by atoms with E-state index in [4.69, 9.17) is 23.2 Å². The number of halogens is 2. The number of aryl methyl sites for hydroxylation is 1. The van der Waals surface area contributed by atoms with Crippen molar-refractivity contribution in [3.63, 3.8) is 0 Å². The van der Waals surface area contributed by atoms with Gasteiger partial charge in [-0.15, -0.1) is 0 Å². The van der Waals surface area contributed by atoms with Gasteiger partial charge in [-0.05, 0) is 13.3 Å². The first-order chi connectivity index (χ1) is 7.61. The maximum atomic E-state index is 6.05. The monoisotopic (exact) mass is 273 g/mol. The van der Waals surface area contributed by atoms with E-state index in [1.165, 1.54) is 11.3 Å². The third kappa shape index (κ3) is 2.19. The average molecular weight is 274 g/mol. The van der Waals surface area contributed by atoms with Gasteiger partial charge in [0.05, 0.1) is 6.20 Å². The van der Waals surface area contributed by atoms with Crippen molar-refractivity contribution in [2.45, 2.75) is 20.3 Å². The molecule has 84 valence electrons. The zero-order chi connectivity index (χ0) is 11.7. The first-order valence-electron chi connectivity index (χ1n) is 4.76. The summed E-state index contributed by atoms with van der Waals surface area (Å²) in [6, 6.07) is 0. The molecule has 0 spiro atoms. The molecule has 2 aromatic rings. The van der Waals surface area contributed by atoms with Gasteiger partial charge in [0.2, 0.25) is 0 Å². The predicted octanol–water partition coefficient (Wildman–Crippen LogP) is 3.78. The highest BCUT2D eigenvalue weighted by Gasteiger charge is 2.12. The van der Waals surface area contributed by atoms with Crippen molar-refractivity contribution >= 4 is 34.5 Å². The number of hydrogen-bond acceptors (Lipinski definition) is 4. The molecule has 0 bridgehead atoms. The van der Waals surface area contributed by atoms with Gasteiger partial charge < -0.3 is 0 Å². The molecule has 0 aromatic carbocycles. The van der Waals surface area contributed by atoms with Gasteiger partial charge in [-0.1, -0.05) is 41.5 Å². The molecule has 0 atom stereocenters. The fourth-order valence-electron chi connectivity index (χ4n) is 1.33. The van der Waals surface area contributed by atoms with Gasteiger partial charge in [-0.25, -0.2) is 15.0 Å². The average Bonchev–Trinajstić information content (AvgIpc) is 2.69. The summed E-state index contributed by atoms with van der Waals surface area (Å²) < 4.78 is 0.619. The Balaban J connectivity index is 2.54. The third-order valence-electron chi connectivity index (χ3n) is 2.19. The quantitative estimate of drug-likeness (QED) is 0.782. The highest BCUT2D eigenvalue weighted by atomic mass is 35.5. The molecule has 3 nitrogen and oxygen atoms in total. The Morgan fingerprint density at radius 2 is 2.06 bits per heavy atom. The lowest BCUT2D eigenvalue weighted by atomic mass is 10.2. The van der Waals surface area contributed by atoms with E-state index in [1.807, 2.05) is 13.8 Å². The molecule has 6 heteroatoms. The Labute approximate surface area is 107 Å². The standard InChI is InChI=1S/C10H9Cl2N3S/c1-3-6-5(2)8(12)15-9(14-6)10-13-4-7(11)16-10/h4H,3H2,1-2H3. The molecule has 0 amide bonds. The van der Waals surface area contributed by atoms with Crippen LogP contribution in [0.4, 0.5) is 0 Å². The first-order valence-corrected chi connectivity index (χ1v) is 6.33. The minimum Gasteiger partial charge on any atom is -0.240 e. The fourth-order valence-corrected chi connectivity index (χ4v) is 2.37. The number of rotatable bonds is 2. The summed E-state index contributed by atoms with van der Waals surface area (Å²) in [5, 5.41) is 1.18. The zero-order valence-corrected chi connectivity index (χ0v) is 11.1. The first kappa shape index (κ1) is 11.8. The minimum absolute atomic E-state index is 0.480. The molecule has 16 heavy (non-hydrogen) atoms. The van der Waals surface area contributed by atoms with Crippen LogP contribution in [-0.2, 0) is 6.42 Å². The lowest BCUT2D eigenvalue weighted by Gasteiger charge is -2.05. The van der Waals surface area contributed by atoms with Crippen LogP contribution in [0.3, 0.4) is 0 Å². The van der Waals surface area contributed by atoms with Crippen molar-refractivity contribution in [1.29, 1.82) is 0 Å². The molecule has 0 fully saturated rings. The van der Waals surface area contributed by atoms with Crippen molar-refractivity contribution in [2.75, 3.05) is 0 Å². The topological polar surface area (TPSA) is 38.7 Å². The lowest BCUT2D eigenvalue weighted by Crippen LogP contribution is -1.99. The summed E-state index contributed by atoms with van der Waals surface area (Å²) in [7, 11) is 0. The molecule has 0 aliphatic heterocycles. The maximum Gasteiger partial charge on any atom is 0.190 e. The third-order valence-corrected chi connectivity index (χ3v) is 3.67. The SMILES string of the molecule is CCc1nc(-c2ncc(Cl)s2)nc(Cl)c1C. The second-order valence-corrected chi connectivity index (χ2v) is 5.25. The number of aromatic nitrogens is 3.